The molecule has 1 heterocycles. The van der Waals surface area contributed by atoms with Gasteiger partial charge in [0.25, 0.3) is 0 Å². The first-order chi connectivity index (χ1) is 16.6. The topological polar surface area (TPSA) is 70.1 Å². The molecule has 0 amide bonds. The number of nitrogens with zero attached hydrogens (tertiary/aromatic N) is 2. The van der Waals surface area contributed by atoms with Gasteiger partial charge in [-0.3, -0.25) is 4.90 Å². The van der Waals surface area contributed by atoms with Crippen molar-refractivity contribution in [1.29, 1.82) is 0 Å². The van der Waals surface area contributed by atoms with Gasteiger partial charge in [-0.1, -0.05) is 62.9 Å². The molecule has 3 rings (SSSR count). The molecule has 1 aliphatic rings. The van der Waals surface area contributed by atoms with E-state index in [-0.39, 0.29) is 30.1 Å². The summed E-state index contributed by atoms with van der Waals surface area (Å²) < 4.78 is 35.0. The highest BCUT2D eigenvalue weighted by atomic mass is 32.2. The van der Waals surface area contributed by atoms with Crippen molar-refractivity contribution in [2.24, 2.45) is 11.8 Å². The van der Waals surface area contributed by atoms with Crippen molar-refractivity contribution in [2.75, 3.05) is 26.7 Å². The first-order valence-corrected chi connectivity index (χ1v) is 13.7. The Balaban J connectivity index is 1.97. The largest absolute Gasteiger partial charge is 0.487 e. The maximum Gasteiger partial charge on any atom is 0.247 e. The molecule has 0 spiro atoms. The molecule has 1 N–H and O–H groups in total. The van der Waals surface area contributed by atoms with Crippen molar-refractivity contribution in [3.63, 3.8) is 0 Å². The van der Waals surface area contributed by atoms with Gasteiger partial charge in [0.05, 0.1) is 6.61 Å². The summed E-state index contributed by atoms with van der Waals surface area (Å²) in [7, 11) is -1.81. The molecule has 0 aliphatic carbocycles. The Bertz CT molecular complexity index is 1140. The minimum absolute atomic E-state index is 0.0965. The number of hydrogen-bond donors (Lipinski definition) is 1. The molecular weight excluding hydrogens is 460 g/mol. The van der Waals surface area contributed by atoms with E-state index in [1.165, 1.54) is 9.87 Å². The van der Waals surface area contributed by atoms with E-state index >= 15 is 0 Å². The molecule has 0 saturated carbocycles. The number of likely N-dealkylation sites (N-methyl/N-ethyl adjacent to an activating group) is 1. The third kappa shape index (κ3) is 7.08. The van der Waals surface area contributed by atoms with E-state index < -0.39 is 16.1 Å². The van der Waals surface area contributed by atoms with Crippen molar-refractivity contribution in [3.05, 3.63) is 59.7 Å². The second-order valence-electron chi connectivity index (χ2n) is 9.98. The highest BCUT2D eigenvalue weighted by Gasteiger charge is 2.38. The van der Waals surface area contributed by atoms with Crippen LogP contribution in [0.2, 0.25) is 0 Å². The zero-order chi connectivity index (χ0) is 25.6. The maximum absolute atomic E-state index is 13.6. The summed E-state index contributed by atoms with van der Waals surface area (Å²) in [5.41, 5.74) is 1.93. The van der Waals surface area contributed by atoms with Crippen molar-refractivity contribution in [3.8, 4) is 17.6 Å². The summed E-state index contributed by atoms with van der Waals surface area (Å²) in [5, 5.41) is 9.81. The predicted octanol–water partition coefficient (Wildman–Crippen LogP) is 3.98. The Morgan fingerprint density at radius 2 is 1.89 bits per heavy atom. The monoisotopic (exact) mass is 498 g/mol. The normalized spacial score (nSPS) is 20.8. The molecule has 0 saturated heterocycles. The maximum atomic E-state index is 13.6. The standard InChI is InChI=1S/C28H38N2O4S/c1-21(2)10-9-13-24-14-15-28-26(16-24)34-27(19-29(5)18-25-11-7-6-8-12-25)22(3)17-30(23(4)20-31)35(28,32)33/h6-8,11-12,14-16,21-23,27,31H,10,17-20H2,1-5H3/t22-,23-,27+/m0/s1. The Kier molecular flexibility index (Phi) is 9.37. The Morgan fingerprint density at radius 3 is 2.54 bits per heavy atom. The third-order valence-corrected chi connectivity index (χ3v) is 8.22. The predicted molar refractivity (Wildman–Crippen MR) is 140 cm³/mol. The minimum atomic E-state index is -3.85. The molecule has 35 heavy (non-hydrogen) atoms. The highest BCUT2D eigenvalue weighted by molar-refractivity contribution is 7.89. The van der Waals surface area contributed by atoms with E-state index in [0.29, 0.717) is 18.2 Å². The van der Waals surface area contributed by atoms with Crippen LogP contribution in [0.5, 0.6) is 5.75 Å². The second-order valence-corrected chi connectivity index (χ2v) is 11.8. The zero-order valence-electron chi connectivity index (χ0n) is 21.4. The Labute approximate surface area is 211 Å². The minimum Gasteiger partial charge on any atom is -0.487 e. The lowest BCUT2D eigenvalue weighted by Gasteiger charge is -2.37. The first kappa shape index (κ1) is 27.2. The fraction of sp³-hybridized carbons (Fsp3) is 0.500. The van der Waals surface area contributed by atoms with Crippen LogP contribution in [0.15, 0.2) is 53.4 Å². The lowest BCUT2D eigenvalue weighted by molar-refractivity contribution is 0.0733. The molecule has 6 nitrogen and oxygen atoms in total. The number of aliphatic hydroxyl groups excluding tert-OH is 1. The summed E-state index contributed by atoms with van der Waals surface area (Å²) in [6.07, 6.45) is 0.521. The highest BCUT2D eigenvalue weighted by Crippen LogP contribution is 2.34. The molecule has 2 aromatic carbocycles. The van der Waals surface area contributed by atoms with Crippen LogP contribution in [0.1, 0.15) is 45.2 Å². The van der Waals surface area contributed by atoms with Crippen molar-refractivity contribution in [1.82, 2.24) is 9.21 Å². The van der Waals surface area contributed by atoms with E-state index in [9.17, 15) is 13.5 Å². The molecule has 0 aromatic heterocycles. The number of benzene rings is 2. The van der Waals surface area contributed by atoms with Gasteiger partial charge in [0.2, 0.25) is 10.0 Å². The average Bonchev–Trinajstić information content (AvgIpc) is 2.81. The molecule has 0 radical (unpaired) electrons. The van der Waals surface area contributed by atoms with E-state index in [1.807, 2.05) is 32.2 Å². The fourth-order valence-corrected chi connectivity index (χ4v) is 5.97. The third-order valence-electron chi connectivity index (χ3n) is 6.20. The SMILES string of the molecule is CC(C)CC#Cc1ccc2c(c1)O[C@H](CN(C)Cc1ccccc1)[C@@H](C)CN([C@@H](C)CO)S2(=O)=O. The Hall–Kier alpha value is -2.37. The van der Waals surface area contributed by atoms with Gasteiger partial charge in [0.1, 0.15) is 16.7 Å². The number of fused-ring (bicyclic) bond motifs is 1. The molecule has 0 fully saturated rings. The van der Waals surface area contributed by atoms with Crippen LogP contribution in [0.4, 0.5) is 0 Å². The molecule has 2 aromatic rings. The Morgan fingerprint density at radius 1 is 1.17 bits per heavy atom. The zero-order valence-corrected chi connectivity index (χ0v) is 22.3. The smallest absolute Gasteiger partial charge is 0.247 e. The summed E-state index contributed by atoms with van der Waals surface area (Å²) in [5.74, 6) is 7.00. The molecule has 3 atom stereocenters. The molecule has 0 bridgehead atoms. The van der Waals surface area contributed by atoms with Gasteiger partial charge in [-0.05, 0) is 43.7 Å². The summed E-state index contributed by atoms with van der Waals surface area (Å²) >= 11 is 0. The van der Waals surface area contributed by atoms with Crippen LogP contribution in [-0.4, -0.2) is 61.6 Å². The van der Waals surface area contributed by atoms with Crippen LogP contribution < -0.4 is 4.74 Å². The van der Waals surface area contributed by atoms with Gasteiger partial charge in [0.15, 0.2) is 0 Å². The van der Waals surface area contributed by atoms with Crippen LogP contribution in [-0.2, 0) is 16.6 Å². The van der Waals surface area contributed by atoms with E-state index in [0.717, 1.165) is 18.5 Å². The van der Waals surface area contributed by atoms with Crippen LogP contribution in [0, 0.1) is 23.7 Å². The number of hydrogen-bond acceptors (Lipinski definition) is 5. The quantitative estimate of drug-likeness (QED) is 0.585. The molecule has 1 aliphatic heterocycles. The van der Waals surface area contributed by atoms with Gasteiger partial charge in [-0.2, -0.15) is 4.31 Å². The van der Waals surface area contributed by atoms with Crippen molar-refractivity contribution in [2.45, 2.75) is 57.7 Å². The van der Waals surface area contributed by atoms with Gasteiger partial charge < -0.3 is 9.84 Å². The number of aliphatic hydroxyl groups is 1. The van der Waals surface area contributed by atoms with E-state index in [1.54, 1.807) is 25.1 Å². The molecule has 0 unspecified atom stereocenters. The summed E-state index contributed by atoms with van der Waals surface area (Å²) in [6, 6.07) is 14.7. The molecule has 190 valence electrons. The molecule has 7 heteroatoms. The van der Waals surface area contributed by atoms with E-state index in [4.69, 9.17) is 4.74 Å². The van der Waals surface area contributed by atoms with Gasteiger partial charge in [-0.15, -0.1) is 0 Å². The lowest BCUT2D eigenvalue weighted by Crippen LogP contribution is -2.49. The van der Waals surface area contributed by atoms with Gasteiger partial charge in [-0.25, -0.2) is 8.42 Å². The second kappa shape index (κ2) is 12.0. The number of rotatable bonds is 7. The average molecular weight is 499 g/mol. The van der Waals surface area contributed by atoms with Gasteiger partial charge >= 0.3 is 0 Å². The van der Waals surface area contributed by atoms with Crippen LogP contribution >= 0.6 is 0 Å². The first-order valence-electron chi connectivity index (χ1n) is 12.3. The van der Waals surface area contributed by atoms with Crippen molar-refractivity contribution >= 4 is 10.0 Å². The van der Waals surface area contributed by atoms with Crippen LogP contribution in [0.3, 0.4) is 0 Å². The molecular formula is C28H38N2O4S. The summed E-state index contributed by atoms with van der Waals surface area (Å²) in [4.78, 5) is 2.31. The lowest BCUT2D eigenvalue weighted by atomic mass is 10.0. The number of sulfonamides is 1. The van der Waals surface area contributed by atoms with Gasteiger partial charge in [0, 0.05) is 43.6 Å². The fourth-order valence-electron chi connectivity index (χ4n) is 4.15. The van der Waals surface area contributed by atoms with E-state index in [2.05, 4.69) is 42.7 Å². The van der Waals surface area contributed by atoms with Crippen molar-refractivity contribution < 1.29 is 18.3 Å². The number of ether oxygens (including phenoxy) is 1. The van der Waals surface area contributed by atoms with Crippen LogP contribution in [0.25, 0.3) is 0 Å². The summed E-state index contributed by atoms with van der Waals surface area (Å²) in [6.45, 7) is 9.36.